The summed E-state index contributed by atoms with van der Waals surface area (Å²) < 4.78 is 6.36. The number of nitrogens with one attached hydrogen (secondary N) is 2. The Morgan fingerprint density at radius 3 is 2.41 bits per heavy atom. The molecule has 2 N–H and O–H groups in total. The first-order valence-corrected chi connectivity index (χ1v) is 20.9. The monoisotopic (exact) mass is 796 g/mol. The predicted molar refractivity (Wildman–Crippen MR) is 219 cm³/mol. The van der Waals surface area contributed by atoms with Crippen LogP contribution in [0.15, 0.2) is 61.1 Å². The van der Waals surface area contributed by atoms with Gasteiger partial charge in [-0.15, -0.1) is 0 Å². The standard InChI is InChI=1S/C44H48N10O5/c45-23-29-3-11-38(36-2-1-15-46-40(29)36)59-34-7-4-32(5-8-34)49-41(56)31-24-47-44(48-25-31)53-16-13-28(14-17-53)26-51-18-20-52(21-19-51)33-6-9-35-30(22-33)27-54(43(35)58)37-10-12-39(55)50-42(37)57/h1-3,6,9,11,15,22,24-25,28,32,34,37H,4-5,7-8,10,12-14,16-21,26-27H2,(H,49,56)(H,50,55,57)/t32?,34?,37-/m0/s1. The molecular weight excluding hydrogens is 749 g/mol. The number of nitrogens with zero attached hydrogens (tertiary/aromatic N) is 8. The molecule has 1 aliphatic carbocycles. The molecule has 3 saturated heterocycles. The van der Waals surface area contributed by atoms with E-state index in [-0.39, 0.29) is 42.2 Å². The zero-order valence-electron chi connectivity index (χ0n) is 33.0. The summed E-state index contributed by atoms with van der Waals surface area (Å²) in [5.41, 5.74) is 4.30. The molecule has 59 heavy (non-hydrogen) atoms. The molecule has 9 rings (SSSR count). The zero-order chi connectivity index (χ0) is 40.5. The number of carbonyl (C=O) groups is 4. The third kappa shape index (κ3) is 8.14. The molecule has 304 valence electrons. The molecule has 2 aromatic heterocycles. The van der Waals surface area contributed by atoms with Crippen molar-refractivity contribution in [3.8, 4) is 11.8 Å². The maximum absolute atomic E-state index is 13.1. The highest BCUT2D eigenvalue weighted by atomic mass is 16.5. The van der Waals surface area contributed by atoms with Gasteiger partial charge in [-0.05, 0) is 98.9 Å². The van der Waals surface area contributed by atoms with Crippen LogP contribution in [0, 0.1) is 17.2 Å². The summed E-state index contributed by atoms with van der Waals surface area (Å²) in [5.74, 6) is 1.01. The quantitative estimate of drug-likeness (QED) is 0.235. The van der Waals surface area contributed by atoms with Gasteiger partial charge in [-0.1, -0.05) is 0 Å². The highest BCUT2D eigenvalue weighted by molar-refractivity contribution is 6.05. The smallest absolute Gasteiger partial charge is 0.255 e. The maximum atomic E-state index is 13.1. The fourth-order valence-corrected chi connectivity index (χ4v) is 9.34. The molecule has 0 radical (unpaired) electrons. The van der Waals surface area contributed by atoms with Crippen LogP contribution < -0.4 is 25.2 Å². The molecule has 0 bridgehead atoms. The van der Waals surface area contributed by atoms with Crippen molar-refractivity contribution in [2.24, 2.45) is 5.92 Å². The van der Waals surface area contributed by atoms with E-state index in [2.05, 4.69) is 52.4 Å². The molecule has 2 aromatic carbocycles. The van der Waals surface area contributed by atoms with E-state index in [1.165, 1.54) is 0 Å². The number of benzene rings is 2. The van der Waals surface area contributed by atoms with Gasteiger partial charge in [0, 0.05) is 100 Å². The summed E-state index contributed by atoms with van der Waals surface area (Å²) in [6, 6.07) is 15.0. The normalized spacial score (nSPS) is 22.9. The fourth-order valence-electron chi connectivity index (χ4n) is 9.34. The Bertz CT molecular complexity index is 2290. The Balaban J connectivity index is 0.693. The van der Waals surface area contributed by atoms with E-state index in [0.29, 0.717) is 47.0 Å². The number of pyridine rings is 1. The van der Waals surface area contributed by atoms with Crippen LogP contribution in [0.2, 0.25) is 0 Å². The SMILES string of the molecule is N#Cc1ccc(OC2CCC(NC(=O)c3cnc(N4CCC(CN5CCN(c6ccc7c(c6)CN([C@H]6CCC(=O)NC6=O)C7=O)CC5)CC4)nc3)CC2)c2cccnc12. The van der Waals surface area contributed by atoms with Crippen molar-refractivity contribution in [1.82, 2.24) is 35.4 Å². The fraction of sp³-hybridized carbons (Fsp3) is 0.455. The average Bonchev–Trinajstić information content (AvgIpc) is 3.59. The van der Waals surface area contributed by atoms with Crippen LogP contribution >= 0.6 is 0 Å². The summed E-state index contributed by atoms with van der Waals surface area (Å²) >= 11 is 0. The van der Waals surface area contributed by atoms with Crippen LogP contribution in [0.5, 0.6) is 5.75 Å². The number of aromatic nitrogens is 3. The minimum atomic E-state index is -0.605. The molecule has 0 spiro atoms. The predicted octanol–water partition coefficient (Wildman–Crippen LogP) is 3.82. The highest BCUT2D eigenvalue weighted by Gasteiger charge is 2.39. The lowest BCUT2D eigenvalue weighted by molar-refractivity contribution is -0.136. The summed E-state index contributed by atoms with van der Waals surface area (Å²) in [6.45, 7) is 6.93. The largest absolute Gasteiger partial charge is 0.490 e. The molecule has 6 heterocycles. The van der Waals surface area contributed by atoms with Gasteiger partial charge in [0.2, 0.25) is 17.8 Å². The minimum Gasteiger partial charge on any atom is -0.490 e. The molecule has 15 heteroatoms. The maximum Gasteiger partial charge on any atom is 0.255 e. The van der Waals surface area contributed by atoms with E-state index in [9.17, 15) is 24.4 Å². The Morgan fingerprint density at radius 1 is 0.881 bits per heavy atom. The second kappa shape index (κ2) is 16.6. The van der Waals surface area contributed by atoms with Crippen LogP contribution in [0.25, 0.3) is 10.9 Å². The highest BCUT2D eigenvalue weighted by Crippen LogP contribution is 2.33. The summed E-state index contributed by atoms with van der Waals surface area (Å²) in [5, 5.41) is 15.8. The molecule has 5 aliphatic rings. The summed E-state index contributed by atoms with van der Waals surface area (Å²) in [6.07, 6.45) is 10.9. The van der Waals surface area contributed by atoms with E-state index in [1.54, 1.807) is 29.6 Å². The lowest BCUT2D eigenvalue weighted by Crippen LogP contribution is -2.52. The molecule has 4 amide bonds. The van der Waals surface area contributed by atoms with Gasteiger partial charge in [0.15, 0.2) is 0 Å². The second-order valence-corrected chi connectivity index (χ2v) is 16.4. The number of hydrogen-bond donors (Lipinski definition) is 2. The van der Waals surface area contributed by atoms with Crippen LogP contribution in [-0.4, -0.2) is 112 Å². The number of hydrogen-bond acceptors (Lipinski definition) is 12. The number of nitriles is 1. The first-order chi connectivity index (χ1) is 28.8. The van der Waals surface area contributed by atoms with E-state index < -0.39 is 6.04 Å². The van der Waals surface area contributed by atoms with Gasteiger partial charge < -0.3 is 24.8 Å². The van der Waals surface area contributed by atoms with Crippen LogP contribution in [0.1, 0.15) is 83.2 Å². The van der Waals surface area contributed by atoms with Crippen molar-refractivity contribution in [2.45, 2.75) is 76.1 Å². The van der Waals surface area contributed by atoms with E-state index >= 15 is 0 Å². The number of carbonyl (C=O) groups excluding carboxylic acids is 4. The zero-order valence-corrected chi connectivity index (χ0v) is 33.0. The molecule has 0 unspecified atom stereocenters. The van der Waals surface area contributed by atoms with Gasteiger partial charge in [-0.2, -0.15) is 5.26 Å². The molecule has 1 saturated carbocycles. The van der Waals surface area contributed by atoms with Gasteiger partial charge in [0.25, 0.3) is 11.8 Å². The Morgan fingerprint density at radius 2 is 1.66 bits per heavy atom. The van der Waals surface area contributed by atoms with Crippen molar-refractivity contribution < 1.29 is 23.9 Å². The number of anilines is 2. The third-order valence-electron chi connectivity index (χ3n) is 12.7. The molecule has 1 atom stereocenters. The number of imide groups is 1. The van der Waals surface area contributed by atoms with Crippen molar-refractivity contribution in [2.75, 3.05) is 55.6 Å². The first-order valence-electron chi connectivity index (χ1n) is 20.9. The first kappa shape index (κ1) is 38.4. The van der Waals surface area contributed by atoms with Gasteiger partial charge in [-0.3, -0.25) is 34.4 Å². The number of piperidine rings is 2. The van der Waals surface area contributed by atoms with Gasteiger partial charge in [0.05, 0.1) is 22.7 Å². The van der Waals surface area contributed by atoms with Gasteiger partial charge in [0.1, 0.15) is 17.9 Å². The third-order valence-corrected chi connectivity index (χ3v) is 12.7. The summed E-state index contributed by atoms with van der Waals surface area (Å²) in [7, 11) is 0. The topological polar surface area (TPSA) is 177 Å². The van der Waals surface area contributed by atoms with E-state index in [4.69, 9.17) is 4.74 Å². The van der Waals surface area contributed by atoms with Crippen molar-refractivity contribution >= 4 is 46.2 Å². The molecule has 4 fully saturated rings. The minimum absolute atomic E-state index is 0.0246. The van der Waals surface area contributed by atoms with Crippen LogP contribution in [-0.2, 0) is 16.1 Å². The number of amides is 4. The Hall–Kier alpha value is -6.14. The van der Waals surface area contributed by atoms with Gasteiger partial charge >= 0.3 is 0 Å². The number of rotatable bonds is 9. The van der Waals surface area contributed by atoms with E-state index in [0.717, 1.165) is 107 Å². The lowest BCUT2D eigenvalue weighted by atomic mass is 9.92. The van der Waals surface area contributed by atoms with Crippen molar-refractivity contribution in [1.29, 1.82) is 5.26 Å². The number of ether oxygens (including phenoxy) is 1. The molecule has 4 aromatic rings. The van der Waals surface area contributed by atoms with Crippen molar-refractivity contribution in [3.63, 3.8) is 0 Å². The van der Waals surface area contributed by atoms with Crippen LogP contribution in [0.3, 0.4) is 0 Å². The average molecular weight is 797 g/mol. The number of piperazine rings is 1. The van der Waals surface area contributed by atoms with Crippen LogP contribution in [0.4, 0.5) is 11.6 Å². The lowest BCUT2D eigenvalue weighted by Gasteiger charge is -2.39. The molecular formula is C44H48N10O5. The second-order valence-electron chi connectivity index (χ2n) is 16.4. The molecule has 15 nitrogen and oxygen atoms in total. The Labute approximate surface area is 342 Å². The van der Waals surface area contributed by atoms with Crippen molar-refractivity contribution in [3.05, 3.63) is 83.3 Å². The molecule has 4 aliphatic heterocycles. The Kier molecular flexibility index (Phi) is 10.8. The van der Waals surface area contributed by atoms with Gasteiger partial charge in [-0.25, -0.2) is 9.97 Å². The van der Waals surface area contributed by atoms with E-state index in [1.807, 2.05) is 30.3 Å². The summed E-state index contributed by atoms with van der Waals surface area (Å²) in [4.78, 5) is 72.6. The number of fused-ring (bicyclic) bond motifs is 2.